The summed E-state index contributed by atoms with van der Waals surface area (Å²) in [5.74, 6) is -0.124. The first-order valence-electron chi connectivity index (χ1n) is 8.63. The Morgan fingerprint density at radius 3 is 2.58 bits per heavy atom. The maximum atomic E-state index is 11.4. The highest BCUT2D eigenvalue weighted by molar-refractivity contribution is 6.34. The van der Waals surface area contributed by atoms with Gasteiger partial charge in [-0.2, -0.15) is 0 Å². The molecule has 4 rings (SSSR count). The second-order valence-corrected chi connectivity index (χ2v) is 6.88. The number of H-pyrrole nitrogens is 1. The van der Waals surface area contributed by atoms with E-state index in [1.807, 2.05) is 30.3 Å². The Bertz CT molecular complexity index is 944. The molecule has 6 heteroatoms. The minimum absolute atomic E-state index is 0.240. The molecule has 134 valence electrons. The molecule has 1 aromatic heterocycles. The van der Waals surface area contributed by atoms with Crippen LogP contribution in [0, 0.1) is 0 Å². The molecule has 0 unspecified atom stereocenters. The average Bonchev–Trinajstić information content (AvgIpc) is 3.05. The molecule has 0 bridgehead atoms. The van der Waals surface area contributed by atoms with Crippen molar-refractivity contribution in [3.05, 3.63) is 53.2 Å². The fraction of sp³-hybridized carbons (Fsp3) is 0.250. The number of fused-ring (bicyclic) bond motifs is 1. The van der Waals surface area contributed by atoms with Gasteiger partial charge in [0, 0.05) is 22.7 Å². The molecule has 26 heavy (non-hydrogen) atoms. The molecule has 1 aliphatic heterocycles. The lowest BCUT2D eigenvalue weighted by molar-refractivity contribution is 0.0699. The predicted molar refractivity (Wildman–Crippen MR) is 102 cm³/mol. The van der Waals surface area contributed by atoms with Crippen LogP contribution in [0.2, 0.25) is 5.02 Å². The van der Waals surface area contributed by atoms with Gasteiger partial charge in [0.05, 0.1) is 10.6 Å². The van der Waals surface area contributed by atoms with E-state index >= 15 is 0 Å². The molecule has 1 aliphatic rings. The van der Waals surface area contributed by atoms with Crippen LogP contribution in [0.3, 0.4) is 0 Å². The molecule has 0 amide bonds. The number of hydrogen-bond donors (Lipinski definition) is 3. The SMILES string of the molecule is O=C(O)c1c[nH]c2cc(Cl)c(-c3ccc(OC4CCNCC4)cc3)cc12. The van der Waals surface area contributed by atoms with E-state index in [-0.39, 0.29) is 11.7 Å². The lowest BCUT2D eigenvalue weighted by Gasteiger charge is -2.23. The molecule has 3 aromatic rings. The second kappa shape index (κ2) is 7.02. The highest BCUT2D eigenvalue weighted by Crippen LogP contribution is 2.34. The van der Waals surface area contributed by atoms with Crippen LogP contribution in [0.5, 0.6) is 5.75 Å². The summed E-state index contributed by atoms with van der Waals surface area (Å²) < 4.78 is 6.03. The number of aromatic carboxylic acids is 1. The first-order valence-corrected chi connectivity index (χ1v) is 9.01. The lowest BCUT2D eigenvalue weighted by Crippen LogP contribution is -2.34. The summed E-state index contributed by atoms with van der Waals surface area (Å²) in [6, 6.07) is 11.4. The highest BCUT2D eigenvalue weighted by Gasteiger charge is 2.16. The largest absolute Gasteiger partial charge is 0.490 e. The standard InChI is InChI=1S/C20H19ClN2O3/c21-18-10-19-16(17(11-23-19)20(24)25)9-15(18)12-1-3-13(4-2-12)26-14-5-7-22-8-6-14/h1-4,9-11,14,22-23H,5-8H2,(H,24,25). The number of aromatic amines is 1. The third kappa shape index (κ3) is 3.28. The van der Waals surface area contributed by atoms with Crippen LogP contribution in [-0.2, 0) is 0 Å². The molecule has 2 aromatic carbocycles. The zero-order valence-corrected chi connectivity index (χ0v) is 14.8. The number of aromatic nitrogens is 1. The molecular weight excluding hydrogens is 352 g/mol. The molecule has 0 radical (unpaired) electrons. The number of nitrogens with one attached hydrogen (secondary N) is 2. The third-order valence-corrected chi connectivity index (χ3v) is 5.07. The average molecular weight is 371 g/mol. The molecule has 1 saturated heterocycles. The van der Waals surface area contributed by atoms with Crippen molar-refractivity contribution in [3.63, 3.8) is 0 Å². The van der Waals surface area contributed by atoms with Gasteiger partial charge in [-0.05, 0) is 55.8 Å². The Hall–Kier alpha value is -2.50. The summed E-state index contributed by atoms with van der Waals surface area (Å²) in [6.45, 7) is 1.97. The minimum Gasteiger partial charge on any atom is -0.490 e. The van der Waals surface area contributed by atoms with Crippen molar-refractivity contribution >= 4 is 28.5 Å². The number of rotatable bonds is 4. The minimum atomic E-state index is -0.963. The van der Waals surface area contributed by atoms with Gasteiger partial charge in [-0.25, -0.2) is 4.79 Å². The molecule has 2 heterocycles. The summed E-state index contributed by atoms with van der Waals surface area (Å²) in [5.41, 5.74) is 2.67. The summed E-state index contributed by atoms with van der Waals surface area (Å²) in [4.78, 5) is 14.3. The van der Waals surface area contributed by atoms with Crippen LogP contribution in [0.15, 0.2) is 42.6 Å². The van der Waals surface area contributed by atoms with Crippen LogP contribution >= 0.6 is 11.6 Å². The maximum Gasteiger partial charge on any atom is 0.337 e. The predicted octanol–water partition coefficient (Wildman–Crippen LogP) is 4.32. The normalized spacial score (nSPS) is 15.3. The second-order valence-electron chi connectivity index (χ2n) is 6.48. The topological polar surface area (TPSA) is 74.3 Å². The quantitative estimate of drug-likeness (QED) is 0.639. The van der Waals surface area contributed by atoms with Gasteiger partial charge < -0.3 is 20.1 Å². The van der Waals surface area contributed by atoms with Crippen LogP contribution in [-0.4, -0.2) is 35.3 Å². The number of carbonyl (C=O) groups is 1. The Kier molecular flexibility index (Phi) is 4.57. The van der Waals surface area contributed by atoms with Crippen molar-refractivity contribution in [1.29, 1.82) is 0 Å². The maximum absolute atomic E-state index is 11.4. The highest BCUT2D eigenvalue weighted by atomic mass is 35.5. The van der Waals surface area contributed by atoms with Crippen LogP contribution < -0.4 is 10.1 Å². The third-order valence-electron chi connectivity index (χ3n) is 4.75. The number of piperidine rings is 1. The van der Waals surface area contributed by atoms with Crippen molar-refractivity contribution in [2.24, 2.45) is 0 Å². The van der Waals surface area contributed by atoms with Gasteiger partial charge in [-0.3, -0.25) is 0 Å². The van der Waals surface area contributed by atoms with Crippen molar-refractivity contribution in [3.8, 4) is 16.9 Å². The van der Waals surface area contributed by atoms with E-state index in [0.29, 0.717) is 15.9 Å². The number of halogens is 1. The van der Waals surface area contributed by atoms with E-state index in [9.17, 15) is 9.90 Å². The van der Waals surface area contributed by atoms with Crippen molar-refractivity contribution < 1.29 is 14.6 Å². The van der Waals surface area contributed by atoms with Crippen molar-refractivity contribution in [2.45, 2.75) is 18.9 Å². The zero-order chi connectivity index (χ0) is 18.1. The molecule has 0 saturated carbocycles. The van der Waals surface area contributed by atoms with Crippen molar-refractivity contribution in [1.82, 2.24) is 10.3 Å². The van der Waals surface area contributed by atoms with Gasteiger partial charge in [0.1, 0.15) is 11.9 Å². The number of benzene rings is 2. The van der Waals surface area contributed by atoms with Gasteiger partial charge in [0.25, 0.3) is 0 Å². The Balaban J connectivity index is 1.63. The smallest absolute Gasteiger partial charge is 0.337 e. The fourth-order valence-corrected chi connectivity index (χ4v) is 3.63. The summed E-state index contributed by atoms with van der Waals surface area (Å²) in [6.07, 6.45) is 3.76. The first kappa shape index (κ1) is 16.9. The molecule has 0 spiro atoms. The van der Waals surface area contributed by atoms with Crippen LogP contribution in [0.1, 0.15) is 23.2 Å². The van der Waals surface area contributed by atoms with E-state index < -0.39 is 5.97 Å². The van der Waals surface area contributed by atoms with E-state index in [4.69, 9.17) is 16.3 Å². The Morgan fingerprint density at radius 1 is 1.15 bits per heavy atom. The van der Waals surface area contributed by atoms with Crippen molar-refractivity contribution in [2.75, 3.05) is 13.1 Å². The summed E-state index contributed by atoms with van der Waals surface area (Å²) in [7, 11) is 0. The Morgan fingerprint density at radius 2 is 1.88 bits per heavy atom. The molecular formula is C20H19ClN2O3. The van der Waals surface area contributed by atoms with Gasteiger partial charge in [-0.15, -0.1) is 0 Å². The molecule has 1 fully saturated rings. The van der Waals surface area contributed by atoms with Gasteiger partial charge in [0.15, 0.2) is 0 Å². The van der Waals surface area contributed by atoms with E-state index in [0.717, 1.165) is 42.8 Å². The fourth-order valence-electron chi connectivity index (χ4n) is 3.36. The molecule has 0 aliphatic carbocycles. The Labute approximate surface area is 155 Å². The monoisotopic (exact) mass is 370 g/mol. The summed E-state index contributed by atoms with van der Waals surface area (Å²) >= 11 is 6.42. The number of carboxylic acids is 1. The van der Waals surface area contributed by atoms with Gasteiger partial charge in [0.2, 0.25) is 0 Å². The summed E-state index contributed by atoms with van der Waals surface area (Å²) in [5, 5.41) is 13.9. The lowest BCUT2D eigenvalue weighted by atomic mass is 10.0. The molecule has 0 atom stereocenters. The van der Waals surface area contributed by atoms with Crippen LogP contribution in [0.4, 0.5) is 0 Å². The first-order chi connectivity index (χ1) is 12.6. The van der Waals surface area contributed by atoms with E-state index in [2.05, 4.69) is 10.3 Å². The molecule has 3 N–H and O–H groups in total. The molecule has 5 nitrogen and oxygen atoms in total. The number of carboxylic acid groups (broad SMARTS) is 1. The number of hydrogen-bond acceptors (Lipinski definition) is 3. The van der Waals surface area contributed by atoms with E-state index in [1.165, 1.54) is 6.20 Å². The van der Waals surface area contributed by atoms with Crippen LogP contribution in [0.25, 0.3) is 22.0 Å². The van der Waals surface area contributed by atoms with Gasteiger partial charge in [-0.1, -0.05) is 23.7 Å². The number of ether oxygens (including phenoxy) is 1. The van der Waals surface area contributed by atoms with E-state index in [1.54, 1.807) is 6.07 Å². The zero-order valence-electron chi connectivity index (χ0n) is 14.1. The van der Waals surface area contributed by atoms with Gasteiger partial charge >= 0.3 is 5.97 Å².